The van der Waals surface area contributed by atoms with E-state index < -0.39 is 0 Å². The van der Waals surface area contributed by atoms with E-state index in [2.05, 4.69) is 191 Å². The molecule has 9 nitrogen and oxygen atoms in total. The molecule has 0 saturated heterocycles. The maximum atomic E-state index is 4.45. The Morgan fingerprint density at radius 1 is 0.371 bits per heavy atom. The molecule has 0 saturated carbocycles. The first-order valence-corrected chi connectivity index (χ1v) is 25.7. The van der Waals surface area contributed by atoms with Gasteiger partial charge in [-0.1, -0.05) is 197 Å². The van der Waals surface area contributed by atoms with Crippen LogP contribution in [0.25, 0.3) is 33.1 Å². The molecule has 0 bridgehead atoms. The predicted molar refractivity (Wildman–Crippen MR) is 308 cm³/mol. The Balaban J connectivity index is 0. The smallest absolute Gasteiger partial charge is 0.177 e. The number of aromatic nitrogens is 9. The van der Waals surface area contributed by atoms with E-state index in [1.807, 2.05) is 131 Å². The minimum absolute atomic E-state index is 0.145. The zero-order valence-corrected chi connectivity index (χ0v) is 48.7. The summed E-state index contributed by atoms with van der Waals surface area (Å²) >= 11 is 0. The molecule has 0 aliphatic carbocycles. The number of nitrogens with one attached hydrogen (secondary N) is 2. The Hall–Kier alpha value is -5.83. The first-order valence-electron chi connectivity index (χ1n) is 25.7. The average molecular weight is 957 g/mol. The van der Waals surface area contributed by atoms with Crippen LogP contribution >= 0.6 is 0 Å². The summed E-state index contributed by atoms with van der Waals surface area (Å²) in [6.45, 7) is 52.7. The molecule has 0 amide bonds. The molecule has 1 aromatic carbocycles. The van der Waals surface area contributed by atoms with Crippen LogP contribution in [0.15, 0.2) is 123 Å². The van der Waals surface area contributed by atoms with E-state index in [1.54, 1.807) is 18.9 Å². The van der Waals surface area contributed by atoms with E-state index in [0.29, 0.717) is 0 Å². The normalized spacial score (nSPS) is 10.6. The lowest BCUT2D eigenvalue weighted by atomic mass is 9.88. The molecule has 0 unspecified atom stereocenters. The van der Waals surface area contributed by atoms with Crippen LogP contribution in [0.5, 0.6) is 0 Å². The van der Waals surface area contributed by atoms with Gasteiger partial charge in [0.05, 0.1) is 17.4 Å². The number of rotatable bonds is 0. The van der Waals surface area contributed by atoms with Gasteiger partial charge < -0.3 is 9.97 Å². The highest BCUT2D eigenvalue weighted by Crippen LogP contribution is 2.26. The summed E-state index contributed by atoms with van der Waals surface area (Å²) in [6, 6.07) is 20.9. The summed E-state index contributed by atoms with van der Waals surface area (Å²) in [4.78, 5) is 35.2. The van der Waals surface area contributed by atoms with Crippen LogP contribution in [-0.2, 0) is 27.1 Å². The van der Waals surface area contributed by atoms with E-state index in [9.17, 15) is 0 Å². The van der Waals surface area contributed by atoms with Gasteiger partial charge in [0.15, 0.2) is 5.65 Å². The third kappa shape index (κ3) is 24.1. The summed E-state index contributed by atoms with van der Waals surface area (Å²) < 4.78 is 0. The number of benzene rings is 1. The first kappa shape index (κ1) is 66.3. The fraction of sp³-hybridized carbons (Fsp3) is 0.492. The van der Waals surface area contributed by atoms with Gasteiger partial charge in [-0.25, -0.2) is 24.9 Å². The highest BCUT2D eigenvalue weighted by atomic mass is 14.9. The molecule has 8 aromatic rings. The van der Waals surface area contributed by atoms with Crippen molar-refractivity contribution >= 4 is 33.1 Å². The van der Waals surface area contributed by atoms with Crippen LogP contribution in [0, 0.1) is 0 Å². The minimum atomic E-state index is 0.145. The summed E-state index contributed by atoms with van der Waals surface area (Å²) in [5, 5.41) is 2.41. The van der Waals surface area contributed by atoms with Crippen LogP contribution in [0.4, 0.5) is 0 Å². The van der Waals surface area contributed by atoms with Gasteiger partial charge in [0.1, 0.15) is 12.0 Å². The summed E-state index contributed by atoms with van der Waals surface area (Å²) in [5.41, 5.74) is 11.0. The van der Waals surface area contributed by atoms with Crippen LogP contribution in [0.1, 0.15) is 201 Å². The number of imidazole rings is 1. The van der Waals surface area contributed by atoms with Crippen molar-refractivity contribution < 1.29 is 0 Å². The van der Waals surface area contributed by atoms with Crippen molar-refractivity contribution in [2.75, 3.05) is 0 Å². The molecule has 0 fully saturated rings. The number of para-hydroxylation sites is 1. The van der Waals surface area contributed by atoms with Crippen molar-refractivity contribution in [2.24, 2.45) is 0 Å². The fourth-order valence-electron chi connectivity index (χ4n) is 5.56. The monoisotopic (exact) mass is 956 g/mol. The molecule has 7 heterocycles. The molecule has 0 aliphatic rings. The minimum Gasteiger partial charge on any atom is -0.346 e. The van der Waals surface area contributed by atoms with Gasteiger partial charge in [0.25, 0.3) is 0 Å². The zero-order chi connectivity index (χ0) is 54.4. The predicted octanol–water partition coefficient (Wildman–Crippen LogP) is 17.9. The van der Waals surface area contributed by atoms with Crippen molar-refractivity contribution in [1.29, 1.82) is 0 Å². The molecule has 9 heteroatoms. The molecule has 0 aliphatic heterocycles. The lowest BCUT2D eigenvalue weighted by molar-refractivity contribution is 0.584. The summed E-state index contributed by atoms with van der Waals surface area (Å²) in [7, 11) is 0. The van der Waals surface area contributed by atoms with Gasteiger partial charge in [-0.2, -0.15) is 0 Å². The number of hydrogen-bond acceptors (Lipinski definition) is 7. The summed E-state index contributed by atoms with van der Waals surface area (Å²) in [5.74, 6) is 0. The highest BCUT2D eigenvalue weighted by Gasteiger charge is 2.17. The molecule has 7 aromatic heterocycles. The molecule has 0 radical (unpaired) electrons. The number of H-pyrrole nitrogens is 2. The maximum absolute atomic E-state index is 4.45. The molecule has 0 spiro atoms. The lowest BCUT2D eigenvalue weighted by Gasteiger charge is -2.18. The van der Waals surface area contributed by atoms with E-state index >= 15 is 0 Å². The topological polar surface area (TPSA) is 122 Å². The van der Waals surface area contributed by atoms with Crippen LogP contribution in [-0.4, -0.2) is 44.9 Å². The maximum Gasteiger partial charge on any atom is 0.177 e. The SMILES string of the molecule is CC.CC.CC.CC.CC.CC(C)(C)c1cccnc1.CC(C)(C)c1cnc2[nH]ccc2c1.CC(C)(C)c1cnc2ccccc2c1.CC(C)(C)c1cnc2nc[nH]c2c1.CC(C)(C)c1cncnc1. The second-order valence-electron chi connectivity index (χ2n) is 20.2. The first-order chi connectivity index (χ1) is 32.9. The number of fused-ring (bicyclic) bond motifs is 3. The van der Waals surface area contributed by atoms with E-state index in [1.165, 1.54) is 38.6 Å². The Labute approximate surface area is 427 Å². The van der Waals surface area contributed by atoms with Crippen LogP contribution < -0.4 is 0 Å². The number of nitrogens with zero attached hydrogens (tertiary/aromatic N) is 7. The largest absolute Gasteiger partial charge is 0.346 e. The second kappa shape index (κ2) is 32.9. The third-order valence-corrected chi connectivity index (χ3v) is 9.82. The van der Waals surface area contributed by atoms with Gasteiger partial charge in [-0.3, -0.25) is 9.97 Å². The molecule has 70 heavy (non-hydrogen) atoms. The van der Waals surface area contributed by atoms with Gasteiger partial charge in [0.2, 0.25) is 0 Å². The fourth-order valence-corrected chi connectivity index (χ4v) is 5.56. The molecular weight excluding hydrogens is 859 g/mol. The Bertz CT molecular complexity index is 2370. The highest BCUT2D eigenvalue weighted by molar-refractivity contribution is 5.79. The van der Waals surface area contributed by atoms with Gasteiger partial charge >= 0.3 is 0 Å². The molecular formula is C61H97N9. The van der Waals surface area contributed by atoms with Crippen molar-refractivity contribution in [3.63, 3.8) is 0 Å². The van der Waals surface area contributed by atoms with E-state index in [4.69, 9.17) is 0 Å². The van der Waals surface area contributed by atoms with E-state index in [0.717, 1.165) is 22.3 Å². The zero-order valence-electron chi connectivity index (χ0n) is 48.7. The number of hydrogen-bond donors (Lipinski definition) is 2. The third-order valence-electron chi connectivity index (χ3n) is 9.82. The lowest BCUT2D eigenvalue weighted by Crippen LogP contribution is -2.11. The molecule has 8 rings (SSSR count). The van der Waals surface area contributed by atoms with Crippen molar-refractivity contribution in [3.05, 3.63) is 151 Å². The second-order valence-corrected chi connectivity index (χ2v) is 20.2. The standard InChI is InChI=1S/C13H15N.C11H14N2.C10H13N3.C9H13N.C8H12N2.5C2H6/c1-13(2,3)11-8-10-6-4-5-7-12(10)14-9-11;1-11(2,3)9-6-8-4-5-12-10(8)13-7-9;1-10(2,3)7-4-8-9(11-5-7)13-6-12-8;1-9(2,3)8-5-4-6-10-7-8;1-8(2,3)7-4-9-6-10-5-7;5*1-2/h4-9H,1-3H3;4-7H,1-3H3,(H,12,13);4-6H,1-3H3,(H,11,12,13);4-7H,1-3H3;4-6H,1-3H3;5*1-2H3. The Morgan fingerprint density at radius 2 is 0.829 bits per heavy atom. The van der Waals surface area contributed by atoms with Gasteiger partial charge in [0, 0.05) is 60.3 Å². The number of aromatic amines is 2. The van der Waals surface area contributed by atoms with Gasteiger partial charge in [-0.15, -0.1) is 0 Å². The molecule has 386 valence electrons. The Kier molecular flexibility index (Phi) is 31.1. The number of pyridine rings is 4. The summed E-state index contributed by atoms with van der Waals surface area (Å²) in [6.07, 6.45) is 18.4. The van der Waals surface area contributed by atoms with Crippen LogP contribution in [0.2, 0.25) is 0 Å². The molecule has 0 atom stereocenters. The molecule has 2 N–H and O–H groups in total. The van der Waals surface area contributed by atoms with Crippen molar-refractivity contribution in [3.8, 4) is 0 Å². The average Bonchev–Trinajstić information content (AvgIpc) is 4.05. The van der Waals surface area contributed by atoms with Crippen molar-refractivity contribution in [2.45, 2.75) is 200 Å². The quantitative estimate of drug-likeness (QED) is 0.155. The van der Waals surface area contributed by atoms with Crippen molar-refractivity contribution in [1.82, 2.24) is 44.9 Å². The van der Waals surface area contributed by atoms with Gasteiger partial charge in [-0.05, 0) is 91.3 Å². The van der Waals surface area contributed by atoms with Crippen LogP contribution in [0.3, 0.4) is 0 Å². The van der Waals surface area contributed by atoms with E-state index in [-0.39, 0.29) is 27.1 Å². The Morgan fingerprint density at radius 3 is 1.30 bits per heavy atom.